The second-order valence-corrected chi connectivity index (χ2v) is 14.6. The zero-order chi connectivity index (χ0) is 20.5. The van der Waals surface area contributed by atoms with Crippen LogP contribution in [0.1, 0.15) is 53.5 Å². The number of hydrogen-bond donors (Lipinski definition) is 0. The Balaban J connectivity index is 1.60. The van der Waals surface area contributed by atoms with Gasteiger partial charge in [0.1, 0.15) is 6.61 Å². The van der Waals surface area contributed by atoms with Crippen LogP contribution in [0.4, 0.5) is 4.79 Å². The second kappa shape index (κ2) is 8.55. The normalized spacial score (nSPS) is 22.8. The average molecular weight is 405 g/mol. The fraction of sp³-hybridized carbons (Fsp3) is 0.682. The van der Waals surface area contributed by atoms with Crippen LogP contribution in [-0.4, -0.2) is 49.5 Å². The first-order chi connectivity index (χ1) is 13.3. The molecule has 2 amide bonds. The minimum absolute atomic E-state index is 0.0158. The Hall–Kier alpha value is -1.37. The van der Waals surface area contributed by atoms with E-state index in [1.54, 1.807) is 0 Å². The summed E-state index contributed by atoms with van der Waals surface area (Å²) in [5, 5.41) is 1.53. The third kappa shape index (κ3) is 4.00. The van der Waals surface area contributed by atoms with E-state index in [4.69, 9.17) is 9.26 Å². The Morgan fingerprint density at radius 3 is 2.14 bits per heavy atom. The van der Waals surface area contributed by atoms with Crippen molar-refractivity contribution in [2.75, 3.05) is 13.1 Å². The van der Waals surface area contributed by atoms with Gasteiger partial charge < -0.3 is 9.33 Å². The van der Waals surface area contributed by atoms with Crippen LogP contribution in [0.3, 0.4) is 0 Å². The number of nitrogens with zero attached hydrogens (tertiary/aromatic N) is 2. The molecule has 0 unspecified atom stereocenters. The van der Waals surface area contributed by atoms with E-state index in [0.717, 1.165) is 12.0 Å². The summed E-state index contributed by atoms with van der Waals surface area (Å²) < 4.78 is 6.92. The van der Waals surface area contributed by atoms with Crippen LogP contribution in [0.5, 0.6) is 0 Å². The highest BCUT2D eigenvalue weighted by Crippen LogP contribution is 2.44. The molecule has 28 heavy (non-hydrogen) atoms. The summed E-state index contributed by atoms with van der Waals surface area (Å²) in [7, 11) is -1.92. The molecular formula is C22H36N2O3Si. The number of carbonyl (C=O) groups is 1. The minimum atomic E-state index is -1.92. The van der Waals surface area contributed by atoms with E-state index in [-0.39, 0.29) is 18.2 Å². The standard InChI is InChI=1S/C22H36N2O3Si/c1-16(2)28(17(3)4,18(5)6)27-21-12-20-13-24(22(25)23(20)14-21)26-15-19-10-8-7-9-11-19/h7-11,16-18,20-21H,12-15H2,1-6H3/t20-,21-/m0/s1. The van der Waals surface area contributed by atoms with Gasteiger partial charge in [0.05, 0.1) is 18.7 Å². The Kier molecular flexibility index (Phi) is 6.52. The summed E-state index contributed by atoms with van der Waals surface area (Å²) in [5.41, 5.74) is 2.75. The number of carbonyl (C=O) groups excluding carboxylic acids is 1. The molecule has 0 spiro atoms. The summed E-state index contributed by atoms with van der Waals surface area (Å²) in [6.07, 6.45) is 1.07. The fourth-order valence-corrected chi connectivity index (χ4v) is 10.9. The number of hydroxylamine groups is 2. The molecule has 2 saturated heterocycles. The molecule has 1 aromatic rings. The zero-order valence-electron chi connectivity index (χ0n) is 18.2. The Labute approximate surface area is 171 Å². The molecule has 5 nitrogen and oxygen atoms in total. The van der Waals surface area contributed by atoms with Crippen molar-refractivity contribution in [2.24, 2.45) is 0 Å². The van der Waals surface area contributed by atoms with E-state index in [0.29, 0.717) is 36.3 Å². The van der Waals surface area contributed by atoms with Gasteiger partial charge in [0, 0.05) is 6.54 Å². The zero-order valence-corrected chi connectivity index (χ0v) is 19.2. The molecule has 0 N–H and O–H groups in total. The van der Waals surface area contributed by atoms with Crippen molar-refractivity contribution in [3.05, 3.63) is 35.9 Å². The number of amides is 2. The highest BCUT2D eigenvalue weighted by molar-refractivity contribution is 6.77. The van der Waals surface area contributed by atoms with Crippen LogP contribution in [0.2, 0.25) is 16.6 Å². The smallest absolute Gasteiger partial charge is 0.344 e. The van der Waals surface area contributed by atoms with Crippen LogP contribution in [0.25, 0.3) is 0 Å². The van der Waals surface area contributed by atoms with Crippen molar-refractivity contribution in [2.45, 2.75) is 83.3 Å². The summed E-state index contributed by atoms with van der Waals surface area (Å²) in [5.74, 6) is 0. The first-order valence-corrected chi connectivity index (χ1v) is 12.8. The van der Waals surface area contributed by atoms with Crippen LogP contribution < -0.4 is 0 Å². The Morgan fingerprint density at radius 2 is 1.61 bits per heavy atom. The van der Waals surface area contributed by atoms with Crippen molar-refractivity contribution < 1.29 is 14.1 Å². The van der Waals surface area contributed by atoms with E-state index < -0.39 is 8.32 Å². The van der Waals surface area contributed by atoms with Gasteiger partial charge in [0.25, 0.3) is 0 Å². The van der Waals surface area contributed by atoms with Gasteiger partial charge in [-0.25, -0.2) is 9.86 Å². The number of rotatable bonds is 8. The average Bonchev–Trinajstić information content (AvgIpc) is 3.16. The van der Waals surface area contributed by atoms with E-state index >= 15 is 0 Å². The van der Waals surface area contributed by atoms with Gasteiger partial charge in [0.15, 0.2) is 0 Å². The van der Waals surface area contributed by atoms with Gasteiger partial charge in [-0.05, 0) is 28.6 Å². The summed E-state index contributed by atoms with van der Waals surface area (Å²) in [6, 6.07) is 10.2. The monoisotopic (exact) mass is 404 g/mol. The molecule has 6 heteroatoms. The molecule has 2 heterocycles. The van der Waals surface area contributed by atoms with Crippen molar-refractivity contribution in [1.82, 2.24) is 9.96 Å². The van der Waals surface area contributed by atoms with Crippen molar-refractivity contribution in [3.8, 4) is 0 Å². The lowest BCUT2D eigenvalue weighted by molar-refractivity contribution is -0.119. The lowest BCUT2D eigenvalue weighted by Gasteiger charge is -2.44. The number of fused-ring (bicyclic) bond motifs is 1. The number of hydrogen-bond acceptors (Lipinski definition) is 3. The molecule has 2 aliphatic heterocycles. The second-order valence-electron chi connectivity index (χ2n) is 9.20. The molecule has 156 valence electrons. The predicted molar refractivity (Wildman–Crippen MR) is 114 cm³/mol. The molecule has 0 aromatic heterocycles. The summed E-state index contributed by atoms with van der Waals surface area (Å²) in [6.45, 7) is 15.6. The van der Waals surface area contributed by atoms with Crippen molar-refractivity contribution in [1.29, 1.82) is 0 Å². The topological polar surface area (TPSA) is 42.0 Å². The maximum atomic E-state index is 12.8. The predicted octanol–water partition coefficient (Wildman–Crippen LogP) is 5.19. The third-order valence-corrected chi connectivity index (χ3v) is 12.7. The van der Waals surface area contributed by atoms with E-state index in [1.807, 2.05) is 35.2 Å². The summed E-state index contributed by atoms with van der Waals surface area (Å²) >= 11 is 0. The Bertz CT molecular complexity index is 643. The maximum Gasteiger partial charge on any atom is 0.344 e. The van der Waals surface area contributed by atoms with Crippen molar-refractivity contribution >= 4 is 14.3 Å². The first kappa shape index (κ1) is 21.3. The molecule has 0 aliphatic carbocycles. The van der Waals surface area contributed by atoms with Gasteiger partial charge in [0.2, 0.25) is 8.32 Å². The van der Waals surface area contributed by atoms with Gasteiger partial charge in [-0.1, -0.05) is 71.9 Å². The lowest BCUT2D eigenvalue weighted by atomic mass is 10.2. The molecule has 2 atom stereocenters. The van der Waals surface area contributed by atoms with Gasteiger partial charge in [-0.15, -0.1) is 0 Å². The van der Waals surface area contributed by atoms with Crippen LogP contribution in [-0.2, 0) is 15.9 Å². The number of benzene rings is 1. The van der Waals surface area contributed by atoms with Crippen LogP contribution in [0, 0.1) is 0 Å². The van der Waals surface area contributed by atoms with Gasteiger partial charge >= 0.3 is 6.03 Å². The molecule has 0 saturated carbocycles. The molecule has 0 bridgehead atoms. The quantitative estimate of drug-likeness (QED) is 0.560. The highest BCUT2D eigenvalue weighted by Gasteiger charge is 2.51. The van der Waals surface area contributed by atoms with E-state index in [9.17, 15) is 4.79 Å². The highest BCUT2D eigenvalue weighted by atomic mass is 28.4. The molecular weight excluding hydrogens is 368 g/mol. The van der Waals surface area contributed by atoms with E-state index in [1.165, 1.54) is 5.06 Å². The van der Waals surface area contributed by atoms with Gasteiger partial charge in [-0.3, -0.25) is 4.84 Å². The van der Waals surface area contributed by atoms with Crippen LogP contribution >= 0.6 is 0 Å². The maximum absolute atomic E-state index is 12.8. The molecule has 3 rings (SSSR count). The SMILES string of the molecule is CC(C)[Si](O[C@H]1C[C@H]2CN(OCc3ccccc3)C(=O)N2C1)(C(C)C)C(C)C. The van der Waals surface area contributed by atoms with Gasteiger partial charge in [-0.2, -0.15) is 0 Å². The van der Waals surface area contributed by atoms with Crippen molar-refractivity contribution in [3.63, 3.8) is 0 Å². The first-order valence-electron chi connectivity index (χ1n) is 10.7. The minimum Gasteiger partial charge on any atom is -0.411 e. The van der Waals surface area contributed by atoms with E-state index in [2.05, 4.69) is 41.5 Å². The lowest BCUT2D eigenvalue weighted by Crippen LogP contribution is -2.51. The van der Waals surface area contributed by atoms with Crippen LogP contribution in [0.15, 0.2) is 30.3 Å². The third-order valence-electron chi connectivity index (χ3n) is 6.52. The molecule has 2 fully saturated rings. The molecule has 2 aliphatic rings. The summed E-state index contributed by atoms with van der Waals surface area (Å²) in [4.78, 5) is 20.6. The number of urea groups is 1. The Morgan fingerprint density at radius 1 is 1.00 bits per heavy atom. The molecule has 0 radical (unpaired) electrons. The molecule has 1 aromatic carbocycles. The fourth-order valence-electron chi connectivity index (χ4n) is 5.31. The largest absolute Gasteiger partial charge is 0.411 e.